The number of rotatable bonds is 4. The van der Waals surface area contributed by atoms with Crippen LogP contribution in [-0.4, -0.2) is 0 Å². The summed E-state index contributed by atoms with van der Waals surface area (Å²) in [4.78, 5) is 0. The minimum absolute atomic E-state index is 0.0181. The zero-order valence-corrected chi connectivity index (χ0v) is 11.8. The second-order valence-electron chi connectivity index (χ2n) is 5.11. The zero-order valence-electron chi connectivity index (χ0n) is 11.8. The maximum Gasteiger partial charge on any atom is 0.124 e. The molecule has 2 N–H and O–H groups in total. The number of aryl methyl sites for hydroxylation is 2. The monoisotopic (exact) mass is 255 g/mol. The van der Waals surface area contributed by atoms with E-state index in [-0.39, 0.29) is 6.04 Å². The zero-order chi connectivity index (χ0) is 13.8. The Labute approximate surface area is 115 Å². The normalized spacial score (nSPS) is 12.2. The fourth-order valence-electron chi connectivity index (χ4n) is 2.30. The third-order valence-corrected chi connectivity index (χ3v) is 3.09. The molecule has 2 aromatic carbocycles. The molecule has 0 aliphatic rings. The van der Waals surface area contributed by atoms with Crippen LogP contribution < -0.4 is 10.5 Å². The fraction of sp³-hybridized carbons (Fsp3) is 0.294. The van der Waals surface area contributed by atoms with Gasteiger partial charge in [-0.25, -0.2) is 0 Å². The minimum atomic E-state index is -0.0181. The van der Waals surface area contributed by atoms with Crippen molar-refractivity contribution in [3.63, 3.8) is 0 Å². The van der Waals surface area contributed by atoms with E-state index in [1.54, 1.807) is 0 Å². The van der Waals surface area contributed by atoms with Gasteiger partial charge in [0.2, 0.25) is 0 Å². The van der Waals surface area contributed by atoms with E-state index >= 15 is 0 Å². The van der Waals surface area contributed by atoms with Crippen LogP contribution in [0.25, 0.3) is 0 Å². The molecule has 0 aromatic heterocycles. The van der Waals surface area contributed by atoms with Crippen molar-refractivity contribution in [3.05, 3.63) is 64.7 Å². The van der Waals surface area contributed by atoms with Crippen molar-refractivity contribution < 1.29 is 4.74 Å². The number of benzene rings is 2. The largest absolute Gasteiger partial charge is 0.489 e. The Balaban J connectivity index is 2.14. The molecule has 0 saturated carbocycles. The molecule has 19 heavy (non-hydrogen) atoms. The van der Waals surface area contributed by atoms with E-state index in [1.807, 2.05) is 31.2 Å². The summed E-state index contributed by atoms with van der Waals surface area (Å²) in [6.07, 6.45) is 0. The molecule has 0 aliphatic carbocycles. The first-order valence-corrected chi connectivity index (χ1v) is 6.61. The lowest BCUT2D eigenvalue weighted by atomic mass is 10.1. The van der Waals surface area contributed by atoms with E-state index in [0.29, 0.717) is 6.61 Å². The summed E-state index contributed by atoms with van der Waals surface area (Å²) in [5.74, 6) is 0.872. The maximum atomic E-state index is 5.95. The summed E-state index contributed by atoms with van der Waals surface area (Å²) in [7, 11) is 0. The van der Waals surface area contributed by atoms with E-state index in [9.17, 15) is 0 Å². The molecule has 0 unspecified atom stereocenters. The van der Waals surface area contributed by atoms with Crippen molar-refractivity contribution in [2.45, 2.75) is 33.4 Å². The Morgan fingerprint density at radius 2 is 1.68 bits per heavy atom. The molecule has 2 heteroatoms. The van der Waals surface area contributed by atoms with E-state index < -0.39 is 0 Å². The lowest BCUT2D eigenvalue weighted by molar-refractivity contribution is 0.301. The van der Waals surface area contributed by atoms with Gasteiger partial charge in [-0.2, -0.15) is 0 Å². The van der Waals surface area contributed by atoms with Crippen molar-refractivity contribution >= 4 is 0 Å². The van der Waals surface area contributed by atoms with E-state index in [0.717, 1.165) is 11.3 Å². The van der Waals surface area contributed by atoms with Crippen LogP contribution in [0, 0.1) is 13.8 Å². The topological polar surface area (TPSA) is 35.2 Å². The summed E-state index contributed by atoms with van der Waals surface area (Å²) >= 11 is 0. The lowest BCUT2D eigenvalue weighted by Crippen LogP contribution is -2.08. The lowest BCUT2D eigenvalue weighted by Gasteiger charge is -2.14. The van der Waals surface area contributed by atoms with Gasteiger partial charge >= 0.3 is 0 Å². The number of hydrogen-bond donors (Lipinski definition) is 1. The standard InChI is InChI=1S/C17H21NO/c1-12-8-13(2)10-15(9-12)11-19-17-7-5-4-6-16(17)14(3)18/h4-10,14H,11,18H2,1-3H3/t14-/m1/s1. The number of hydrogen-bond acceptors (Lipinski definition) is 2. The van der Waals surface area contributed by atoms with Crippen molar-refractivity contribution in [3.8, 4) is 5.75 Å². The Bertz CT molecular complexity index is 541. The first-order chi connectivity index (χ1) is 9.06. The van der Waals surface area contributed by atoms with Crippen LogP contribution in [0.2, 0.25) is 0 Å². The Morgan fingerprint density at radius 1 is 1.05 bits per heavy atom. The van der Waals surface area contributed by atoms with Crippen LogP contribution in [0.4, 0.5) is 0 Å². The van der Waals surface area contributed by atoms with Crippen molar-refractivity contribution in [1.29, 1.82) is 0 Å². The van der Waals surface area contributed by atoms with E-state index in [1.165, 1.54) is 16.7 Å². The second-order valence-corrected chi connectivity index (χ2v) is 5.11. The third-order valence-electron chi connectivity index (χ3n) is 3.09. The van der Waals surface area contributed by atoms with Crippen molar-refractivity contribution in [1.82, 2.24) is 0 Å². The molecule has 0 aliphatic heterocycles. The van der Waals surface area contributed by atoms with Crippen molar-refractivity contribution in [2.75, 3.05) is 0 Å². The molecule has 2 aromatic rings. The van der Waals surface area contributed by atoms with Crippen LogP contribution in [0.5, 0.6) is 5.75 Å². The molecule has 0 saturated heterocycles. The quantitative estimate of drug-likeness (QED) is 0.899. The molecule has 100 valence electrons. The van der Waals surface area contributed by atoms with Gasteiger partial charge < -0.3 is 10.5 Å². The average Bonchev–Trinajstić information content (AvgIpc) is 2.35. The van der Waals surface area contributed by atoms with Gasteiger partial charge in [0, 0.05) is 11.6 Å². The molecule has 2 nitrogen and oxygen atoms in total. The first kappa shape index (κ1) is 13.6. The van der Waals surface area contributed by atoms with Gasteiger partial charge in [-0.15, -0.1) is 0 Å². The average molecular weight is 255 g/mol. The van der Waals surface area contributed by atoms with Gasteiger partial charge in [0.05, 0.1) is 0 Å². The predicted octanol–water partition coefficient (Wildman–Crippen LogP) is 3.90. The molecule has 0 amide bonds. The third kappa shape index (κ3) is 3.58. The highest BCUT2D eigenvalue weighted by molar-refractivity contribution is 5.36. The van der Waals surface area contributed by atoms with E-state index in [4.69, 9.17) is 10.5 Å². The molecular weight excluding hydrogens is 234 g/mol. The van der Waals surface area contributed by atoms with Crippen LogP contribution in [0.1, 0.15) is 35.2 Å². The SMILES string of the molecule is Cc1cc(C)cc(COc2ccccc2[C@@H](C)N)c1. The van der Waals surface area contributed by atoms with Crippen molar-refractivity contribution in [2.24, 2.45) is 5.73 Å². The highest BCUT2D eigenvalue weighted by Crippen LogP contribution is 2.24. The smallest absolute Gasteiger partial charge is 0.124 e. The molecule has 0 radical (unpaired) electrons. The highest BCUT2D eigenvalue weighted by atomic mass is 16.5. The van der Waals surface area contributed by atoms with Gasteiger partial charge in [-0.3, -0.25) is 0 Å². The summed E-state index contributed by atoms with van der Waals surface area (Å²) in [6, 6.07) is 14.4. The van der Waals surface area contributed by atoms with Crippen LogP contribution in [0.3, 0.4) is 0 Å². The summed E-state index contributed by atoms with van der Waals surface area (Å²) in [5.41, 5.74) is 10.7. The first-order valence-electron chi connectivity index (χ1n) is 6.61. The Hall–Kier alpha value is -1.80. The van der Waals surface area contributed by atoms with Gasteiger partial charge in [-0.1, -0.05) is 47.5 Å². The summed E-state index contributed by atoms with van der Waals surface area (Å²) in [5, 5.41) is 0. The molecule has 0 heterocycles. The van der Waals surface area contributed by atoms with Crippen LogP contribution in [-0.2, 0) is 6.61 Å². The number of nitrogens with two attached hydrogens (primary N) is 1. The predicted molar refractivity (Wildman–Crippen MR) is 79.3 cm³/mol. The fourth-order valence-corrected chi connectivity index (χ4v) is 2.30. The Morgan fingerprint density at radius 3 is 2.32 bits per heavy atom. The molecule has 0 spiro atoms. The molecular formula is C17H21NO. The number of para-hydroxylation sites is 1. The molecule has 0 fully saturated rings. The molecule has 1 atom stereocenters. The maximum absolute atomic E-state index is 5.95. The highest BCUT2D eigenvalue weighted by Gasteiger charge is 2.07. The summed E-state index contributed by atoms with van der Waals surface area (Å²) in [6.45, 7) is 6.75. The second kappa shape index (κ2) is 5.89. The van der Waals surface area contributed by atoms with Gasteiger partial charge in [0.25, 0.3) is 0 Å². The molecule has 0 bridgehead atoms. The van der Waals surface area contributed by atoms with Gasteiger partial charge in [-0.05, 0) is 32.4 Å². The van der Waals surface area contributed by atoms with Crippen LogP contribution in [0.15, 0.2) is 42.5 Å². The Kier molecular flexibility index (Phi) is 4.23. The minimum Gasteiger partial charge on any atom is -0.489 e. The van der Waals surface area contributed by atoms with Crippen LogP contribution >= 0.6 is 0 Å². The summed E-state index contributed by atoms with van der Waals surface area (Å²) < 4.78 is 5.91. The van der Waals surface area contributed by atoms with Gasteiger partial charge in [0.15, 0.2) is 0 Å². The van der Waals surface area contributed by atoms with Gasteiger partial charge in [0.1, 0.15) is 12.4 Å². The van der Waals surface area contributed by atoms with E-state index in [2.05, 4.69) is 32.0 Å². The number of ether oxygens (including phenoxy) is 1. The molecule has 2 rings (SSSR count).